The van der Waals surface area contributed by atoms with Gasteiger partial charge in [0.2, 0.25) is 5.91 Å². The van der Waals surface area contributed by atoms with Crippen LogP contribution in [0.1, 0.15) is 10.4 Å². The first-order valence-corrected chi connectivity index (χ1v) is 8.31. The van der Waals surface area contributed by atoms with Crippen molar-refractivity contribution < 1.29 is 19.1 Å². The number of halogens is 2. The van der Waals surface area contributed by atoms with Crippen molar-refractivity contribution in [3.8, 4) is 0 Å². The molecule has 7 nitrogen and oxygen atoms in total. The summed E-state index contributed by atoms with van der Waals surface area (Å²) in [5.74, 6) is -0.304. The minimum atomic E-state index is -0.382. The number of carbonyl (C=O) groups excluding carboxylic acids is 2. The predicted octanol–water partition coefficient (Wildman–Crippen LogP) is 1.16. The summed E-state index contributed by atoms with van der Waals surface area (Å²) in [6.45, 7) is 3.77. The fraction of sp³-hybridized carbons (Fsp3) is 0.500. The van der Waals surface area contributed by atoms with Gasteiger partial charge < -0.3 is 25.0 Å². The number of nitrogens with zero attached hydrogens (tertiary/aromatic N) is 1. The molecule has 0 aliphatic carbocycles. The summed E-state index contributed by atoms with van der Waals surface area (Å²) < 4.78 is 10.5. The molecule has 2 saturated heterocycles. The monoisotopic (exact) mass is 389 g/mol. The van der Waals surface area contributed by atoms with E-state index in [0.717, 1.165) is 0 Å². The van der Waals surface area contributed by atoms with E-state index in [9.17, 15) is 9.59 Å². The third kappa shape index (κ3) is 5.05. The van der Waals surface area contributed by atoms with Gasteiger partial charge in [-0.15, -0.1) is 12.4 Å². The lowest BCUT2D eigenvalue weighted by Crippen LogP contribution is -2.48. The van der Waals surface area contributed by atoms with Crippen molar-refractivity contribution in [3.63, 3.8) is 0 Å². The van der Waals surface area contributed by atoms with Crippen molar-refractivity contribution >= 4 is 41.5 Å². The normalized spacial score (nSPS) is 20.5. The zero-order valence-corrected chi connectivity index (χ0v) is 15.2. The van der Waals surface area contributed by atoms with E-state index < -0.39 is 0 Å². The van der Waals surface area contributed by atoms with Crippen molar-refractivity contribution in [2.75, 3.05) is 51.4 Å². The van der Waals surface area contributed by atoms with E-state index in [2.05, 4.69) is 10.6 Å². The van der Waals surface area contributed by atoms with Gasteiger partial charge in [-0.05, 0) is 18.2 Å². The molecular weight excluding hydrogens is 369 g/mol. The Morgan fingerprint density at radius 2 is 1.96 bits per heavy atom. The number of anilines is 1. The molecule has 1 aromatic rings. The Morgan fingerprint density at radius 3 is 2.60 bits per heavy atom. The number of morpholine rings is 2. The molecule has 9 heteroatoms. The Bertz CT molecular complexity index is 617. The summed E-state index contributed by atoms with van der Waals surface area (Å²) in [6, 6.07) is 4.53. The van der Waals surface area contributed by atoms with Crippen LogP contribution in [0.15, 0.2) is 18.2 Å². The maximum Gasteiger partial charge on any atom is 0.255 e. The Morgan fingerprint density at radius 1 is 1.20 bits per heavy atom. The Balaban J connectivity index is 0.00000225. The molecule has 1 atom stereocenters. The zero-order valence-electron chi connectivity index (χ0n) is 13.6. The van der Waals surface area contributed by atoms with Crippen LogP contribution in [0.3, 0.4) is 0 Å². The van der Waals surface area contributed by atoms with Gasteiger partial charge >= 0.3 is 0 Å². The first-order valence-electron chi connectivity index (χ1n) is 7.94. The maximum atomic E-state index is 12.5. The van der Waals surface area contributed by atoms with Crippen LogP contribution in [0.25, 0.3) is 0 Å². The largest absolute Gasteiger partial charge is 0.378 e. The molecule has 0 spiro atoms. The molecule has 25 heavy (non-hydrogen) atoms. The molecule has 1 aromatic carbocycles. The van der Waals surface area contributed by atoms with E-state index >= 15 is 0 Å². The highest BCUT2D eigenvalue weighted by Crippen LogP contribution is 2.23. The van der Waals surface area contributed by atoms with Crippen LogP contribution in [-0.2, 0) is 14.3 Å². The quantitative estimate of drug-likeness (QED) is 0.810. The molecule has 2 aliphatic rings. The average Bonchev–Trinajstić information content (AvgIpc) is 2.63. The van der Waals surface area contributed by atoms with E-state index in [4.69, 9.17) is 21.1 Å². The fourth-order valence-electron chi connectivity index (χ4n) is 2.67. The van der Waals surface area contributed by atoms with Gasteiger partial charge in [0.1, 0.15) is 6.04 Å². The summed E-state index contributed by atoms with van der Waals surface area (Å²) >= 11 is 6.24. The van der Waals surface area contributed by atoms with Gasteiger partial charge in [0, 0.05) is 25.3 Å². The van der Waals surface area contributed by atoms with Crippen LogP contribution in [0.4, 0.5) is 5.69 Å². The second-order valence-electron chi connectivity index (χ2n) is 5.67. The molecule has 2 fully saturated rings. The standard InChI is InChI=1S/C16H20ClN3O4.ClH/c17-13-9-11(19-15(21)14-10-24-6-3-18-14)1-2-12(13)16(22)20-4-7-23-8-5-20;/h1-2,9,14,18H,3-8,10H2,(H,19,21);1H. The molecule has 138 valence electrons. The van der Waals surface area contributed by atoms with Crippen LogP contribution >= 0.6 is 24.0 Å². The summed E-state index contributed by atoms with van der Waals surface area (Å²) in [5, 5.41) is 6.19. The highest BCUT2D eigenvalue weighted by Gasteiger charge is 2.23. The third-order valence-electron chi connectivity index (χ3n) is 4.00. The molecule has 1 unspecified atom stereocenters. The molecule has 3 rings (SSSR count). The Hall–Kier alpha value is -1.38. The molecule has 0 bridgehead atoms. The number of carbonyl (C=O) groups is 2. The highest BCUT2D eigenvalue weighted by molar-refractivity contribution is 6.34. The predicted molar refractivity (Wildman–Crippen MR) is 96.7 cm³/mol. The van der Waals surface area contributed by atoms with Crippen molar-refractivity contribution in [3.05, 3.63) is 28.8 Å². The molecule has 0 saturated carbocycles. The lowest BCUT2D eigenvalue weighted by atomic mass is 10.1. The fourth-order valence-corrected chi connectivity index (χ4v) is 2.93. The maximum absolute atomic E-state index is 12.5. The molecule has 2 amide bonds. The van der Waals surface area contributed by atoms with Gasteiger partial charge in [-0.3, -0.25) is 9.59 Å². The second-order valence-corrected chi connectivity index (χ2v) is 6.08. The van der Waals surface area contributed by atoms with Gasteiger partial charge in [0.25, 0.3) is 5.91 Å². The number of benzene rings is 1. The first kappa shape index (κ1) is 19.9. The highest BCUT2D eigenvalue weighted by atomic mass is 35.5. The molecule has 2 N–H and O–H groups in total. The SMILES string of the molecule is Cl.O=C(Nc1ccc(C(=O)N2CCOCC2)c(Cl)c1)C1COCCN1. The van der Waals surface area contributed by atoms with Crippen molar-refractivity contribution in [2.45, 2.75) is 6.04 Å². The lowest BCUT2D eigenvalue weighted by molar-refractivity contribution is -0.120. The lowest BCUT2D eigenvalue weighted by Gasteiger charge is -2.27. The topological polar surface area (TPSA) is 79.9 Å². The van der Waals surface area contributed by atoms with Gasteiger partial charge in [-0.25, -0.2) is 0 Å². The Kier molecular flexibility index (Phi) is 7.46. The van der Waals surface area contributed by atoms with Gasteiger partial charge in [-0.2, -0.15) is 0 Å². The van der Waals surface area contributed by atoms with E-state index in [0.29, 0.717) is 62.3 Å². The summed E-state index contributed by atoms with van der Waals surface area (Å²) in [4.78, 5) is 26.3. The third-order valence-corrected chi connectivity index (χ3v) is 4.32. The summed E-state index contributed by atoms with van der Waals surface area (Å²) in [6.07, 6.45) is 0. The van der Waals surface area contributed by atoms with Crippen LogP contribution in [-0.4, -0.2) is 68.8 Å². The summed E-state index contributed by atoms with van der Waals surface area (Å²) in [7, 11) is 0. The van der Waals surface area contributed by atoms with E-state index in [1.807, 2.05) is 0 Å². The van der Waals surface area contributed by atoms with Crippen molar-refractivity contribution in [2.24, 2.45) is 0 Å². The van der Waals surface area contributed by atoms with Crippen molar-refractivity contribution in [1.29, 1.82) is 0 Å². The number of rotatable bonds is 3. The van der Waals surface area contributed by atoms with Gasteiger partial charge in [0.15, 0.2) is 0 Å². The molecule has 0 radical (unpaired) electrons. The zero-order chi connectivity index (χ0) is 16.9. The first-order chi connectivity index (χ1) is 11.6. The number of hydrogen-bond acceptors (Lipinski definition) is 5. The van der Waals surface area contributed by atoms with Crippen LogP contribution in [0.5, 0.6) is 0 Å². The average molecular weight is 390 g/mol. The molecule has 2 aliphatic heterocycles. The Labute approximate surface area is 157 Å². The van der Waals surface area contributed by atoms with Crippen molar-refractivity contribution in [1.82, 2.24) is 10.2 Å². The van der Waals surface area contributed by atoms with Crippen LogP contribution in [0.2, 0.25) is 5.02 Å². The molecule has 2 heterocycles. The van der Waals surface area contributed by atoms with E-state index in [-0.39, 0.29) is 30.3 Å². The van der Waals surface area contributed by atoms with Crippen LogP contribution < -0.4 is 10.6 Å². The molecule has 0 aromatic heterocycles. The minimum absolute atomic E-state index is 0. The smallest absolute Gasteiger partial charge is 0.255 e. The second kappa shape index (κ2) is 9.35. The van der Waals surface area contributed by atoms with Gasteiger partial charge in [-0.1, -0.05) is 11.6 Å². The molecular formula is C16H21Cl2N3O4. The number of ether oxygens (including phenoxy) is 2. The van der Waals surface area contributed by atoms with Crippen LogP contribution in [0, 0.1) is 0 Å². The number of hydrogen-bond donors (Lipinski definition) is 2. The van der Waals surface area contributed by atoms with Gasteiger partial charge in [0.05, 0.1) is 37.0 Å². The summed E-state index contributed by atoms with van der Waals surface area (Å²) in [5.41, 5.74) is 0.978. The number of nitrogens with one attached hydrogen (secondary N) is 2. The van der Waals surface area contributed by atoms with E-state index in [1.54, 1.807) is 23.1 Å². The minimum Gasteiger partial charge on any atom is -0.378 e. The number of amides is 2. The van der Waals surface area contributed by atoms with E-state index in [1.165, 1.54) is 0 Å².